The lowest BCUT2D eigenvalue weighted by Crippen LogP contribution is -2.45. The number of methoxy groups -OCH3 is 1. The molecule has 1 aromatic heterocycles. The fraction of sp³-hybridized carbons (Fsp3) is 0.227. The van der Waals surface area contributed by atoms with Crippen LogP contribution in [0.2, 0.25) is 0 Å². The van der Waals surface area contributed by atoms with Crippen LogP contribution in [0.25, 0.3) is 17.0 Å². The molecule has 1 N–H and O–H groups in total. The predicted octanol–water partition coefficient (Wildman–Crippen LogP) is 4.43. The van der Waals surface area contributed by atoms with Crippen molar-refractivity contribution in [1.82, 2.24) is 20.4 Å². The summed E-state index contributed by atoms with van der Waals surface area (Å²) in [5.74, 6) is 1.84. The van der Waals surface area contributed by atoms with Gasteiger partial charge in [-0.1, -0.05) is 47.6 Å². The molecule has 0 radical (unpaired) electrons. The Labute approximate surface area is 175 Å². The molecule has 2 aromatic carbocycles. The summed E-state index contributed by atoms with van der Waals surface area (Å²) in [5.41, 5.74) is 3.87. The predicted molar refractivity (Wildman–Crippen MR) is 116 cm³/mol. The molecule has 3 aromatic rings. The second kappa shape index (κ2) is 8.05. The van der Waals surface area contributed by atoms with E-state index >= 15 is 0 Å². The summed E-state index contributed by atoms with van der Waals surface area (Å²) < 4.78 is 11.0. The number of thiocarbonyl (C=S) groups is 1. The van der Waals surface area contributed by atoms with Crippen molar-refractivity contribution in [3.63, 3.8) is 0 Å². The average Bonchev–Trinajstić information content (AvgIpc) is 3.24. The summed E-state index contributed by atoms with van der Waals surface area (Å²) in [7, 11) is 1.65. The molecule has 1 atom stereocenters. The first-order valence-electron chi connectivity index (χ1n) is 9.44. The fourth-order valence-corrected chi connectivity index (χ4v) is 3.91. The van der Waals surface area contributed by atoms with E-state index < -0.39 is 0 Å². The number of allylic oxidation sites excluding steroid dienone is 1. The van der Waals surface area contributed by atoms with Crippen molar-refractivity contribution in [3.05, 3.63) is 71.7 Å². The minimum atomic E-state index is -0.194. The van der Waals surface area contributed by atoms with Gasteiger partial charge in [0.05, 0.1) is 18.7 Å². The Bertz CT molecular complexity index is 1040. The first kappa shape index (κ1) is 19.1. The first-order valence-corrected chi connectivity index (χ1v) is 9.85. The van der Waals surface area contributed by atoms with E-state index in [2.05, 4.69) is 22.4 Å². The molecule has 0 aliphatic carbocycles. The van der Waals surface area contributed by atoms with Gasteiger partial charge in [-0.2, -0.15) is 4.98 Å². The maximum Gasteiger partial charge on any atom is 0.258 e. The molecule has 1 aliphatic rings. The second-order valence-corrected chi connectivity index (χ2v) is 7.07. The van der Waals surface area contributed by atoms with Gasteiger partial charge in [-0.15, -0.1) is 0 Å². The van der Waals surface area contributed by atoms with Crippen molar-refractivity contribution in [1.29, 1.82) is 0 Å². The minimum Gasteiger partial charge on any atom is -0.497 e. The van der Waals surface area contributed by atoms with Gasteiger partial charge in [0.1, 0.15) is 5.75 Å². The van der Waals surface area contributed by atoms with Crippen LogP contribution in [-0.4, -0.2) is 33.8 Å². The summed E-state index contributed by atoms with van der Waals surface area (Å²) in [5, 5.41) is 8.31. The number of hydrogen-bond donors (Lipinski definition) is 1. The standard InChI is InChI=1S/C22H22N4O2S/c1-4-26-14(2)18(21-24-20(25-28-21)16-8-6-5-7-9-16)19(23-22(26)29)15-10-12-17(27-3)13-11-15/h5-13,19H,4H2,1-3H3,(H,23,29). The maximum absolute atomic E-state index is 5.70. The van der Waals surface area contributed by atoms with E-state index in [1.807, 2.05) is 66.4 Å². The Morgan fingerprint density at radius 2 is 1.86 bits per heavy atom. The number of ether oxygens (including phenoxy) is 1. The van der Waals surface area contributed by atoms with Gasteiger partial charge < -0.3 is 19.5 Å². The van der Waals surface area contributed by atoms with Crippen molar-refractivity contribution < 1.29 is 9.26 Å². The number of nitrogens with zero attached hydrogens (tertiary/aromatic N) is 3. The molecule has 0 spiro atoms. The summed E-state index contributed by atoms with van der Waals surface area (Å²) in [4.78, 5) is 6.73. The molecular weight excluding hydrogens is 384 g/mol. The zero-order chi connectivity index (χ0) is 20.4. The Balaban J connectivity index is 1.80. The van der Waals surface area contributed by atoms with Crippen LogP contribution in [0.5, 0.6) is 5.75 Å². The van der Waals surface area contributed by atoms with E-state index in [1.54, 1.807) is 7.11 Å². The molecule has 2 heterocycles. The first-order chi connectivity index (χ1) is 14.1. The summed E-state index contributed by atoms with van der Waals surface area (Å²) in [6, 6.07) is 17.5. The van der Waals surface area contributed by atoms with Crippen molar-refractivity contribution in [2.75, 3.05) is 13.7 Å². The van der Waals surface area contributed by atoms with Crippen LogP contribution >= 0.6 is 12.2 Å². The molecular formula is C22H22N4O2S. The van der Waals surface area contributed by atoms with Gasteiger partial charge in [-0.25, -0.2) is 0 Å². The minimum absolute atomic E-state index is 0.194. The molecule has 1 aliphatic heterocycles. The molecule has 0 saturated heterocycles. The topological polar surface area (TPSA) is 63.4 Å². The van der Waals surface area contributed by atoms with Crippen molar-refractivity contribution in [3.8, 4) is 17.1 Å². The lowest BCUT2D eigenvalue weighted by Gasteiger charge is -2.36. The highest BCUT2D eigenvalue weighted by molar-refractivity contribution is 7.80. The third kappa shape index (κ3) is 3.61. The molecule has 148 valence electrons. The highest BCUT2D eigenvalue weighted by atomic mass is 32.1. The van der Waals surface area contributed by atoms with Gasteiger partial charge in [0.25, 0.3) is 5.89 Å². The van der Waals surface area contributed by atoms with Crippen LogP contribution in [0.1, 0.15) is 31.3 Å². The van der Waals surface area contributed by atoms with Crippen molar-refractivity contribution in [2.45, 2.75) is 19.9 Å². The zero-order valence-electron chi connectivity index (χ0n) is 16.5. The summed E-state index contributed by atoms with van der Waals surface area (Å²) >= 11 is 5.60. The Hall–Kier alpha value is -3.19. The molecule has 6 nitrogen and oxygen atoms in total. The molecule has 4 rings (SSSR count). The van der Waals surface area contributed by atoms with E-state index in [-0.39, 0.29) is 6.04 Å². The van der Waals surface area contributed by atoms with Crippen LogP contribution in [0, 0.1) is 0 Å². The lowest BCUT2D eigenvalue weighted by molar-refractivity contribution is 0.398. The lowest BCUT2D eigenvalue weighted by atomic mass is 9.94. The molecule has 29 heavy (non-hydrogen) atoms. The number of hydrogen-bond acceptors (Lipinski definition) is 5. The third-order valence-electron chi connectivity index (χ3n) is 5.05. The van der Waals surface area contributed by atoms with Gasteiger partial charge in [-0.3, -0.25) is 0 Å². The van der Waals surface area contributed by atoms with Gasteiger partial charge in [0, 0.05) is 17.8 Å². The van der Waals surface area contributed by atoms with E-state index in [1.165, 1.54) is 0 Å². The number of aromatic nitrogens is 2. The van der Waals surface area contributed by atoms with E-state index in [9.17, 15) is 0 Å². The summed E-state index contributed by atoms with van der Waals surface area (Å²) in [6.45, 7) is 4.84. The quantitative estimate of drug-likeness (QED) is 0.629. The molecule has 0 fully saturated rings. The number of nitrogens with one attached hydrogen (secondary N) is 1. The summed E-state index contributed by atoms with van der Waals surface area (Å²) in [6.07, 6.45) is 0. The zero-order valence-corrected chi connectivity index (χ0v) is 17.4. The van der Waals surface area contributed by atoms with Gasteiger partial charge >= 0.3 is 0 Å². The van der Waals surface area contributed by atoms with Gasteiger partial charge in [0.2, 0.25) is 5.82 Å². The van der Waals surface area contributed by atoms with Crippen molar-refractivity contribution in [2.24, 2.45) is 0 Å². The van der Waals surface area contributed by atoms with Crippen molar-refractivity contribution >= 4 is 22.9 Å². The normalized spacial score (nSPS) is 16.7. The van der Waals surface area contributed by atoms with Gasteiger partial charge in [0.15, 0.2) is 5.11 Å². The smallest absolute Gasteiger partial charge is 0.258 e. The molecule has 0 amide bonds. The monoisotopic (exact) mass is 406 g/mol. The molecule has 1 unspecified atom stereocenters. The molecule has 0 saturated carbocycles. The highest BCUT2D eigenvalue weighted by Crippen LogP contribution is 2.37. The van der Waals surface area contributed by atoms with E-state index in [4.69, 9.17) is 21.5 Å². The Kier molecular flexibility index (Phi) is 5.31. The Morgan fingerprint density at radius 1 is 1.14 bits per heavy atom. The third-order valence-corrected chi connectivity index (χ3v) is 5.39. The van der Waals surface area contributed by atoms with E-state index in [0.29, 0.717) is 16.8 Å². The van der Waals surface area contributed by atoms with Crippen LogP contribution in [0.4, 0.5) is 0 Å². The number of benzene rings is 2. The molecule has 0 bridgehead atoms. The van der Waals surface area contributed by atoms with Crippen LogP contribution in [0.15, 0.2) is 64.8 Å². The van der Waals surface area contributed by atoms with E-state index in [0.717, 1.165) is 34.7 Å². The average molecular weight is 407 g/mol. The highest BCUT2D eigenvalue weighted by Gasteiger charge is 2.33. The SMILES string of the molecule is CCN1C(=S)NC(c2ccc(OC)cc2)C(c2nc(-c3ccccc3)no2)=C1C. The maximum atomic E-state index is 5.70. The fourth-order valence-electron chi connectivity index (χ4n) is 3.52. The Morgan fingerprint density at radius 3 is 2.52 bits per heavy atom. The number of rotatable bonds is 5. The van der Waals surface area contributed by atoms with Gasteiger partial charge in [-0.05, 0) is 43.8 Å². The second-order valence-electron chi connectivity index (χ2n) is 6.69. The van der Waals surface area contributed by atoms with Crippen LogP contribution in [0.3, 0.4) is 0 Å². The largest absolute Gasteiger partial charge is 0.497 e. The van der Waals surface area contributed by atoms with Crippen LogP contribution < -0.4 is 10.1 Å². The molecule has 7 heteroatoms. The van der Waals surface area contributed by atoms with Crippen LogP contribution in [-0.2, 0) is 0 Å².